The molecule has 0 saturated carbocycles. The molecule has 3 nitrogen and oxygen atoms in total. The Morgan fingerprint density at radius 2 is 2.20 bits per heavy atom. The number of halogens is 1. The first-order chi connectivity index (χ1) is 7.08. The molecule has 0 aromatic rings. The summed E-state index contributed by atoms with van der Waals surface area (Å²) in [6.07, 6.45) is 0. The molecule has 0 aliphatic heterocycles. The number of hydrogen-bond acceptors (Lipinski definition) is 4. The Morgan fingerprint density at radius 1 is 1.60 bits per heavy atom. The molecule has 0 fully saturated rings. The van der Waals surface area contributed by atoms with Gasteiger partial charge in [-0.15, -0.1) is 11.8 Å². The second-order valence-electron chi connectivity index (χ2n) is 3.00. The fourth-order valence-electron chi connectivity index (χ4n) is 1.01. The van der Waals surface area contributed by atoms with Gasteiger partial charge in [0.05, 0.1) is 17.0 Å². The van der Waals surface area contributed by atoms with Crippen LogP contribution < -0.4 is 0 Å². The number of hydrogen-bond donors (Lipinski definition) is 0. The van der Waals surface area contributed by atoms with Gasteiger partial charge in [0.1, 0.15) is 4.91 Å². The van der Waals surface area contributed by atoms with Crippen LogP contribution in [0.25, 0.3) is 0 Å². The van der Waals surface area contributed by atoms with Crippen LogP contribution in [0.5, 0.6) is 0 Å². The quantitative estimate of drug-likeness (QED) is 0.327. The van der Waals surface area contributed by atoms with E-state index in [4.69, 9.17) is 4.74 Å². The van der Waals surface area contributed by atoms with Gasteiger partial charge in [0.15, 0.2) is 0 Å². The Morgan fingerprint density at radius 3 is 2.53 bits per heavy atom. The maximum absolute atomic E-state index is 11.6. The number of thioether (sulfide) groups is 1. The minimum Gasteiger partial charge on any atom is -0.462 e. The van der Waals surface area contributed by atoms with Crippen LogP contribution in [0, 0.1) is 5.92 Å². The Bertz CT molecular complexity index is 264. The van der Waals surface area contributed by atoms with Crippen molar-refractivity contribution in [3.63, 3.8) is 0 Å². The highest BCUT2D eigenvalue weighted by atomic mass is 79.9. The Labute approximate surface area is 103 Å². The molecule has 0 bridgehead atoms. The molecule has 0 unspecified atom stereocenters. The number of nitrogens with zero attached hydrogens (tertiary/aromatic N) is 1. The third-order valence-corrected chi connectivity index (χ3v) is 3.07. The average molecular weight is 294 g/mol. The van der Waals surface area contributed by atoms with Crippen LogP contribution >= 0.6 is 27.7 Å². The van der Waals surface area contributed by atoms with Crippen LogP contribution in [0.2, 0.25) is 0 Å². The molecule has 0 heterocycles. The SMILES string of the molecule is C=N/C(=C(\SCBr)C(=O)OCC)C(C)C. The highest BCUT2D eigenvalue weighted by molar-refractivity contribution is 9.11. The monoisotopic (exact) mass is 293 g/mol. The summed E-state index contributed by atoms with van der Waals surface area (Å²) in [5, 5.41) is 0. The van der Waals surface area contributed by atoms with Gasteiger partial charge in [0.25, 0.3) is 0 Å². The molecule has 15 heavy (non-hydrogen) atoms. The van der Waals surface area contributed by atoms with E-state index in [1.165, 1.54) is 11.8 Å². The number of carbonyl (C=O) groups excluding carboxylic acids is 1. The van der Waals surface area contributed by atoms with Crippen LogP contribution in [0.15, 0.2) is 15.6 Å². The van der Waals surface area contributed by atoms with Crippen molar-refractivity contribution in [3.8, 4) is 0 Å². The van der Waals surface area contributed by atoms with Gasteiger partial charge in [-0.2, -0.15) is 0 Å². The van der Waals surface area contributed by atoms with E-state index in [1.54, 1.807) is 6.92 Å². The molecular formula is C10H16BrNO2S. The minimum absolute atomic E-state index is 0.161. The van der Waals surface area contributed by atoms with Crippen molar-refractivity contribution in [3.05, 3.63) is 10.6 Å². The number of rotatable bonds is 6. The van der Waals surface area contributed by atoms with Crippen LogP contribution in [0.3, 0.4) is 0 Å². The van der Waals surface area contributed by atoms with Gasteiger partial charge < -0.3 is 4.74 Å². The standard InChI is InChI=1S/C10H16BrNO2S/c1-5-14-10(13)9(15-6-11)8(12-4)7(2)3/h7H,4-6H2,1-3H3/b9-8-. The molecule has 0 amide bonds. The van der Waals surface area contributed by atoms with Crippen LogP contribution in [-0.2, 0) is 9.53 Å². The molecule has 0 aliphatic rings. The molecule has 0 aromatic heterocycles. The smallest absolute Gasteiger partial charge is 0.346 e. The number of carbonyl (C=O) groups is 1. The van der Waals surface area contributed by atoms with E-state index in [2.05, 4.69) is 27.6 Å². The highest BCUT2D eigenvalue weighted by Gasteiger charge is 2.18. The van der Waals surface area contributed by atoms with Crippen molar-refractivity contribution in [2.24, 2.45) is 10.9 Å². The molecule has 86 valence electrons. The lowest BCUT2D eigenvalue weighted by Crippen LogP contribution is -2.09. The average Bonchev–Trinajstić information content (AvgIpc) is 2.17. The fourth-order valence-corrected chi connectivity index (χ4v) is 2.43. The summed E-state index contributed by atoms with van der Waals surface area (Å²) >= 11 is 4.65. The van der Waals surface area contributed by atoms with Crippen molar-refractivity contribution in [1.82, 2.24) is 0 Å². The number of ether oxygens (including phenoxy) is 1. The molecule has 0 N–H and O–H groups in total. The molecular weight excluding hydrogens is 278 g/mol. The summed E-state index contributed by atoms with van der Waals surface area (Å²) in [6, 6.07) is 0. The topological polar surface area (TPSA) is 38.7 Å². The lowest BCUT2D eigenvalue weighted by Gasteiger charge is -2.11. The molecule has 0 rings (SSSR count). The Balaban J connectivity index is 5.04. The normalized spacial score (nSPS) is 12.3. The molecule has 0 atom stereocenters. The largest absolute Gasteiger partial charge is 0.462 e. The van der Waals surface area contributed by atoms with Gasteiger partial charge >= 0.3 is 5.97 Å². The van der Waals surface area contributed by atoms with Crippen LogP contribution in [0.4, 0.5) is 0 Å². The van der Waals surface area contributed by atoms with E-state index in [9.17, 15) is 4.79 Å². The number of alkyl halides is 1. The highest BCUT2D eigenvalue weighted by Crippen LogP contribution is 2.27. The van der Waals surface area contributed by atoms with E-state index in [0.29, 0.717) is 21.9 Å². The lowest BCUT2D eigenvalue weighted by atomic mass is 10.1. The summed E-state index contributed by atoms with van der Waals surface area (Å²) in [5.41, 5.74) is 0.693. The zero-order chi connectivity index (χ0) is 11.8. The predicted octanol–water partition coefficient (Wildman–Crippen LogP) is 3.20. The Hall–Kier alpha value is -0.290. The van der Waals surface area contributed by atoms with Gasteiger partial charge in [0.2, 0.25) is 0 Å². The summed E-state index contributed by atoms with van der Waals surface area (Å²) in [4.78, 5) is 16.1. The maximum Gasteiger partial charge on any atom is 0.346 e. The van der Waals surface area contributed by atoms with Crippen molar-refractivity contribution in [1.29, 1.82) is 0 Å². The zero-order valence-electron chi connectivity index (χ0n) is 9.25. The van der Waals surface area contributed by atoms with E-state index >= 15 is 0 Å². The van der Waals surface area contributed by atoms with Crippen molar-refractivity contribution in [2.75, 3.05) is 11.3 Å². The zero-order valence-corrected chi connectivity index (χ0v) is 11.7. The third-order valence-electron chi connectivity index (χ3n) is 1.61. The van der Waals surface area contributed by atoms with Gasteiger partial charge in [-0.1, -0.05) is 29.8 Å². The van der Waals surface area contributed by atoms with E-state index in [0.717, 1.165) is 0 Å². The number of aliphatic imine (C=N–C) groups is 1. The molecule has 0 saturated heterocycles. The first kappa shape index (κ1) is 14.7. The summed E-state index contributed by atoms with van der Waals surface area (Å²) in [5.74, 6) is -0.161. The Kier molecular flexibility index (Phi) is 7.78. The van der Waals surface area contributed by atoms with E-state index in [1.807, 2.05) is 13.8 Å². The fraction of sp³-hybridized carbons (Fsp3) is 0.600. The van der Waals surface area contributed by atoms with E-state index in [-0.39, 0.29) is 11.9 Å². The summed E-state index contributed by atoms with van der Waals surface area (Å²) in [7, 11) is 0. The number of allylic oxidation sites excluding steroid dienone is 1. The maximum atomic E-state index is 11.6. The number of esters is 1. The van der Waals surface area contributed by atoms with Gasteiger partial charge in [0, 0.05) is 0 Å². The molecule has 5 heteroatoms. The van der Waals surface area contributed by atoms with Crippen molar-refractivity contribution >= 4 is 40.4 Å². The predicted molar refractivity (Wildman–Crippen MR) is 69.4 cm³/mol. The third kappa shape index (κ3) is 4.84. The first-order valence-electron chi connectivity index (χ1n) is 4.65. The molecule has 0 spiro atoms. The summed E-state index contributed by atoms with van der Waals surface area (Å²) in [6.45, 7) is 9.58. The van der Waals surface area contributed by atoms with Crippen molar-refractivity contribution < 1.29 is 9.53 Å². The van der Waals surface area contributed by atoms with Crippen LogP contribution in [0.1, 0.15) is 20.8 Å². The molecule has 0 aromatic carbocycles. The second kappa shape index (κ2) is 7.93. The van der Waals surface area contributed by atoms with Crippen molar-refractivity contribution in [2.45, 2.75) is 20.8 Å². The van der Waals surface area contributed by atoms with Gasteiger partial charge in [-0.25, -0.2) is 4.79 Å². The van der Waals surface area contributed by atoms with Gasteiger partial charge in [-0.3, -0.25) is 4.99 Å². The van der Waals surface area contributed by atoms with Crippen LogP contribution in [-0.4, -0.2) is 24.0 Å². The summed E-state index contributed by atoms with van der Waals surface area (Å²) < 4.78 is 5.60. The lowest BCUT2D eigenvalue weighted by molar-refractivity contribution is -0.137. The van der Waals surface area contributed by atoms with Gasteiger partial charge in [-0.05, 0) is 19.6 Å². The second-order valence-corrected chi connectivity index (χ2v) is 5.29. The van der Waals surface area contributed by atoms with E-state index < -0.39 is 0 Å². The minimum atomic E-state index is -0.321. The molecule has 0 radical (unpaired) electrons. The molecule has 0 aliphatic carbocycles. The first-order valence-corrected chi connectivity index (χ1v) is 6.75.